The third kappa shape index (κ3) is 3.23. The second kappa shape index (κ2) is 6.36. The summed E-state index contributed by atoms with van der Waals surface area (Å²) in [6.07, 6.45) is 0.892. The summed E-state index contributed by atoms with van der Waals surface area (Å²) in [7, 11) is 1.58. The number of carbonyl (C=O) groups excluding carboxylic acids is 2. The molecule has 23 heavy (non-hydrogen) atoms. The first-order valence-corrected chi connectivity index (χ1v) is 7.11. The standard InChI is InChI=1S/C18H15NO4/c1-22-15-9-7-13(8-10-15)11-16-17(20)19(18(21)23-16)12-14-5-3-2-4-6-14/h2-11H,12H2,1H3/b16-11+. The van der Waals surface area contributed by atoms with E-state index < -0.39 is 12.0 Å². The fourth-order valence-electron chi connectivity index (χ4n) is 2.25. The molecular formula is C18H15NO4. The molecule has 2 aromatic carbocycles. The molecule has 0 saturated carbocycles. The van der Waals surface area contributed by atoms with Crippen LogP contribution in [0.1, 0.15) is 11.1 Å². The van der Waals surface area contributed by atoms with E-state index in [2.05, 4.69) is 0 Å². The first-order chi connectivity index (χ1) is 11.2. The highest BCUT2D eigenvalue weighted by atomic mass is 16.6. The molecule has 1 fully saturated rings. The summed E-state index contributed by atoms with van der Waals surface area (Å²) in [6.45, 7) is 0.193. The van der Waals surface area contributed by atoms with Crippen LogP contribution in [0.3, 0.4) is 0 Å². The molecule has 0 spiro atoms. The monoisotopic (exact) mass is 309 g/mol. The Morgan fingerprint density at radius 1 is 1.04 bits per heavy atom. The van der Waals surface area contributed by atoms with Crippen molar-refractivity contribution in [3.8, 4) is 5.75 Å². The van der Waals surface area contributed by atoms with Crippen LogP contribution >= 0.6 is 0 Å². The summed E-state index contributed by atoms with van der Waals surface area (Å²) >= 11 is 0. The van der Waals surface area contributed by atoms with Gasteiger partial charge in [0.05, 0.1) is 13.7 Å². The molecule has 0 aromatic heterocycles. The minimum atomic E-state index is -0.654. The maximum Gasteiger partial charge on any atom is 0.422 e. The molecule has 1 aliphatic rings. The number of hydrogen-bond acceptors (Lipinski definition) is 4. The molecule has 0 bridgehead atoms. The number of cyclic esters (lactones) is 1. The molecule has 5 heteroatoms. The number of methoxy groups -OCH3 is 1. The van der Waals surface area contributed by atoms with Crippen LogP contribution < -0.4 is 4.74 Å². The van der Waals surface area contributed by atoms with E-state index in [9.17, 15) is 9.59 Å². The SMILES string of the molecule is COc1ccc(/C=C2/OC(=O)N(Cc3ccccc3)C2=O)cc1. The van der Waals surface area contributed by atoms with Crippen molar-refractivity contribution in [2.45, 2.75) is 6.54 Å². The van der Waals surface area contributed by atoms with E-state index in [-0.39, 0.29) is 12.3 Å². The van der Waals surface area contributed by atoms with Crippen LogP contribution in [0.2, 0.25) is 0 Å². The van der Waals surface area contributed by atoms with Gasteiger partial charge in [-0.3, -0.25) is 4.79 Å². The molecule has 0 atom stereocenters. The Hall–Kier alpha value is -3.08. The van der Waals surface area contributed by atoms with Crippen molar-refractivity contribution >= 4 is 18.1 Å². The lowest BCUT2D eigenvalue weighted by Crippen LogP contribution is -2.28. The number of benzene rings is 2. The van der Waals surface area contributed by atoms with Gasteiger partial charge in [-0.25, -0.2) is 9.69 Å². The maximum atomic E-state index is 12.3. The first kappa shape index (κ1) is 14.8. The molecule has 2 aromatic rings. The van der Waals surface area contributed by atoms with Gasteiger partial charge in [-0.1, -0.05) is 42.5 Å². The maximum absolute atomic E-state index is 12.3. The zero-order chi connectivity index (χ0) is 16.2. The Balaban J connectivity index is 1.78. The van der Waals surface area contributed by atoms with E-state index in [1.807, 2.05) is 30.3 Å². The van der Waals surface area contributed by atoms with Gasteiger partial charge < -0.3 is 9.47 Å². The van der Waals surface area contributed by atoms with E-state index in [0.717, 1.165) is 16.0 Å². The Labute approximate surface area is 133 Å². The minimum absolute atomic E-state index is 0.0242. The van der Waals surface area contributed by atoms with Crippen LogP contribution in [-0.2, 0) is 16.1 Å². The Kier molecular flexibility index (Phi) is 4.10. The predicted molar refractivity (Wildman–Crippen MR) is 84.4 cm³/mol. The Morgan fingerprint density at radius 3 is 2.39 bits per heavy atom. The lowest BCUT2D eigenvalue weighted by Gasteiger charge is -2.09. The quantitative estimate of drug-likeness (QED) is 0.814. The number of carbonyl (C=O) groups is 2. The molecule has 0 radical (unpaired) electrons. The largest absolute Gasteiger partial charge is 0.497 e. The summed E-state index contributed by atoms with van der Waals surface area (Å²) in [5.74, 6) is 0.304. The highest BCUT2D eigenvalue weighted by Crippen LogP contribution is 2.22. The molecule has 3 rings (SSSR count). The Bertz CT molecular complexity index is 750. The van der Waals surface area contributed by atoms with Gasteiger partial charge in [-0.05, 0) is 29.3 Å². The van der Waals surface area contributed by atoms with Crippen molar-refractivity contribution in [3.05, 3.63) is 71.5 Å². The number of ether oxygens (including phenoxy) is 2. The molecule has 2 amide bonds. The zero-order valence-electron chi connectivity index (χ0n) is 12.6. The number of amides is 2. The number of hydrogen-bond donors (Lipinski definition) is 0. The first-order valence-electron chi connectivity index (χ1n) is 7.11. The molecular weight excluding hydrogens is 294 g/mol. The lowest BCUT2D eigenvalue weighted by atomic mass is 10.2. The van der Waals surface area contributed by atoms with Gasteiger partial charge >= 0.3 is 6.09 Å². The second-order valence-electron chi connectivity index (χ2n) is 5.03. The summed E-state index contributed by atoms with van der Waals surface area (Å²) < 4.78 is 10.2. The number of nitrogens with zero attached hydrogens (tertiary/aromatic N) is 1. The van der Waals surface area contributed by atoms with E-state index in [0.29, 0.717) is 5.75 Å². The third-order valence-electron chi connectivity index (χ3n) is 3.47. The van der Waals surface area contributed by atoms with E-state index in [1.165, 1.54) is 0 Å². The average molecular weight is 309 g/mol. The predicted octanol–water partition coefficient (Wildman–Crippen LogP) is 3.22. The van der Waals surface area contributed by atoms with Crippen molar-refractivity contribution in [3.63, 3.8) is 0 Å². The molecule has 0 N–H and O–H groups in total. The van der Waals surface area contributed by atoms with Gasteiger partial charge in [0.2, 0.25) is 0 Å². The summed E-state index contributed by atoms with van der Waals surface area (Å²) in [5.41, 5.74) is 1.62. The summed E-state index contributed by atoms with van der Waals surface area (Å²) in [5, 5.41) is 0. The van der Waals surface area contributed by atoms with Crippen LogP contribution in [0.5, 0.6) is 5.75 Å². The average Bonchev–Trinajstić information content (AvgIpc) is 2.84. The van der Waals surface area contributed by atoms with Crippen LogP contribution in [0.25, 0.3) is 6.08 Å². The van der Waals surface area contributed by atoms with Gasteiger partial charge in [0, 0.05) is 0 Å². The highest BCUT2D eigenvalue weighted by Gasteiger charge is 2.36. The van der Waals surface area contributed by atoms with Crippen molar-refractivity contribution in [1.82, 2.24) is 4.90 Å². The number of imide groups is 1. The van der Waals surface area contributed by atoms with E-state index in [1.54, 1.807) is 37.5 Å². The van der Waals surface area contributed by atoms with E-state index in [4.69, 9.17) is 9.47 Å². The van der Waals surface area contributed by atoms with Gasteiger partial charge in [0.15, 0.2) is 5.76 Å². The zero-order valence-corrected chi connectivity index (χ0v) is 12.6. The number of rotatable bonds is 4. The molecule has 116 valence electrons. The fraction of sp³-hybridized carbons (Fsp3) is 0.111. The van der Waals surface area contributed by atoms with Crippen LogP contribution in [0.15, 0.2) is 60.4 Å². The highest BCUT2D eigenvalue weighted by molar-refractivity contribution is 6.09. The normalized spacial score (nSPS) is 15.9. The molecule has 0 unspecified atom stereocenters. The third-order valence-corrected chi connectivity index (χ3v) is 3.47. The smallest absolute Gasteiger partial charge is 0.422 e. The molecule has 1 saturated heterocycles. The fourth-order valence-corrected chi connectivity index (χ4v) is 2.25. The van der Waals surface area contributed by atoms with Gasteiger partial charge in [0.1, 0.15) is 5.75 Å². The minimum Gasteiger partial charge on any atom is -0.497 e. The van der Waals surface area contributed by atoms with Crippen LogP contribution in [-0.4, -0.2) is 24.0 Å². The van der Waals surface area contributed by atoms with Crippen molar-refractivity contribution in [2.75, 3.05) is 7.11 Å². The molecule has 5 nitrogen and oxygen atoms in total. The van der Waals surface area contributed by atoms with Gasteiger partial charge in [0.25, 0.3) is 5.91 Å². The molecule has 1 aliphatic heterocycles. The lowest BCUT2D eigenvalue weighted by molar-refractivity contribution is -0.123. The van der Waals surface area contributed by atoms with Gasteiger partial charge in [-0.15, -0.1) is 0 Å². The molecule has 0 aliphatic carbocycles. The van der Waals surface area contributed by atoms with Crippen molar-refractivity contribution < 1.29 is 19.1 Å². The van der Waals surface area contributed by atoms with Gasteiger partial charge in [-0.2, -0.15) is 0 Å². The Morgan fingerprint density at radius 2 is 1.74 bits per heavy atom. The second-order valence-corrected chi connectivity index (χ2v) is 5.03. The van der Waals surface area contributed by atoms with Crippen LogP contribution in [0, 0.1) is 0 Å². The summed E-state index contributed by atoms with van der Waals surface area (Å²) in [6, 6.07) is 16.4. The van der Waals surface area contributed by atoms with Crippen molar-refractivity contribution in [2.24, 2.45) is 0 Å². The van der Waals surface area contributed by atoms with Crippen molar-refractivity contribution in [1.29, 1.82) is 0 Å². The van der Waals surface area contributed by atoms with E-state index >= 15 is 0 Å². The topological polar surface area (TPSA) is 55.8 Å². The molecule has 1 heterocycles. The summed E-state index contributed by atoms with van der Waals surface area (Å²) in [4.78, 5) is 25.3. The van der Waals surface area contributed by atoms with Crippen LogP contribution in [0.4, 0.5) is 4.79 Å².